The first-order chi connectivity index (χ1) is 9.97. The lowest BCUT2D eigenvalue weighted by Crippen LogP contribution is -2.17. The Kier molecular flexibility index (Phi) is 3.67. The second-order valence-corrected chi connectivity index (χ2v) is 7.36. The maximum Gasteiger partial charge on any atom is 0.264 e. The van der Waals surface area contributed by atoms with E-state index in [9.17, 15) is 8.42 Å². The van der Waals surface area contributed by atoms with Crippen LogP contribution in [0, 0.1) is 12.8 Å². The minimum Gasteiger partial charge on any atom is -0.264 e. The summed E-state index contributed by atoms with van der Waals surface area (Å²) in [5, 5.41) is 4.42. The maximum absolute atomic E-state index is 12.5. The highest BCUT2D eigenvalue weighted by atomic mass is 35.5. The second kappa shape index (κ2) is 5.35. The van der Waals surface area contributed by atoms with Gasteiger partial charge in [-0.3, -0.25) is 4.72 Å². The predicted molar refractivity (Wildman–Crippen MR) is 81.9 cm³/mol. The molecule has 7 heteroatoms. The molecule has 1 N–H and O–H groups in total. The molecule has 1 heterocycles. The van der Waals surface area contributed by atoms with Crippen molar-refractivity contribution in [3.63, 3.8) is 0 Å². The molecule has 2 aromatic rings. The third kappa shape index (κ3) is 3.06. The molecule has 1 aromatic heterocycles. The van der Waals surface area contributed by atoms with Crippen molar-refractivity contribution in [1.82, 2.24) is 9.78 Å². The Morgan fingerprint density at radius 2 is 2.14 bits per heavy atom. The van der Waals surface area contributed by atoms with Crippen LogP contribution in [-0.4, -0.2) is 18.2 Å². The number of hydrogen-bond donors (Lipinski definition) is 1. The third-order valence-corrected chi connectivity index (χ3v) is 5.54. The van der Waals surface area contributed by atoms with Crippen molar-refractivity contribution in [1.29, 1.82) is 0 Å². The summed E-state index contributed by atoms with van der Waals surface area (Å²) in [5.74, 6) is 1.08. The molecule has 0 bridgehead atoms. The molecule has 5 nitrogen and oxygen atoms in total. The molecular formula is C14H16ClN3O2S. The largest absolute Gasteiger partial charge is 0.264 e. The summed E-state index contributed by atoms with van der Waals surface area (Å²) in [6.07, 6.45) is 3.95. The first-order valence-electron chi connectivity index (χ1n) is 6.77. The van der Waals surface area contributed by atoms with Crippen molar-refractivity contribution >= 4 is 27.4 Å². The van der Waals surface area contributed by atoms with Crippen LogP contribution in [0.4, 0.5) is 5.82 Å². The van der Waals surface area contributed by atoms with Gasteiger partial charge in [0.2, 0.25) is 0 Å². The molecule has 1 aromatic carbocycles. The van der Waals surface area contributed by atoms with Crippen LogP contribution < -0.4 is 4.72 Å². The summed E-state index contributed by atoms with van der Waals surface area (Å²) in [4.78, 5) is 0.0864. The fourth-order valence-electron chi connectivity index (χ4n) is 2.13. The van der Waals surface area contributed by atoms with Gasteiger partial charge in [0.15, 0.2) is 0 Å². The number of nitrogens with zero attached hydrogens (tertiary/aromatic N) is 2. The van der Waals surface area contributed by atoms with Gasteiger partial charge >= 0.3 is 0 Å². The van der Waals surface area contributed by atoms with Gasteiger partial charge in [-0.15, -0.1) is 0 Å². The number of aryl methyl sites for hydroxylation is 1. The molecule has 112 valence electrons. The van der Waals surface area contributed by atoms with Crippen LogP contribution in [0.15, 0.2) is 35.4 Å². The van der Waals surface area contributed by atoms with Crippen molar-refractivity contribution in [2.24, 2.45) is 5.92 Å². The van der Waals surface area contributed by atoms with Crippen LogP contribution in [-0.2, 0) is 16.6 Å². The van der Waals surface area contributed by atoms with E-state index < -0.39 is 10.0 Å². The fourth-order valence-corrected chi connectivity index (χ4v) is 3.77. The second-order valence-electron chi connectivity index (χ2n) is 5.33. The SMILES string of the molecule is Cc1cccc(S(=O)(=O)Nc2ccnn2CC2CC2)c1Cl. The van der Waals surface area contributed by atoms with Crippen molar-refractivity contribution < 1.29 is 8.42 Å². The molecule has 1 aliphatic carbocycles. The minimum absolute atomic E-state index is 0.0864. The molecule has 0 atom stereocenters. The smallest absolute Gasteiger partial charge is 0.264 e. The Morgan fingerprint density at radius 3 is 2.86 bits per heavy atom. The average molecular weight is 326 g/mol. The zero-order valence-electron chi connectivity index (χ0n) is 11.6. The summed E-state index contributed by atoms with van der Waals surface area (Å²) in [6, 6.07) is 6.61. The molecule has 1 aliphatic rings. The highest BCUT2D eigenvalue weighted by Gasteiger charge is 2.25. The molecule has 1 saturated carbocycles. The van der Waals surface area contributed by atoms with Gasteiger partial charge in [0.1, 0.15) is 10.7 Å². The number of anilines is 1. The summed E-state index contributed by atoms with van der Waals surface area (Å²) in [6.45, 7) is 2.52. The topological polar surface area (TPSA) is 64.0 Å². The molecule has 0 saturated heterocycles. The number of halogens is 1. The lowest BCUT2D eigenvalue weighted by Gasteiger charge is -2.12. The molecule has 0 amide bonds. The summed E-state index contributed by atoms with van der Waals surface area (Å²) in [5.41, 5.74) is 0.728. The average Bonchev–Trinajstić information content (AvgIpc) is 3.14. The molecule has 0 spiro atoms. The van der Waals surface area contributed by atoms with Gasteiger partial charge in [-0.05, 0) is 37.3 Å². The van der Waals surface area contributed by atoms with Crippen LogP contribution in [0.5, 0.6) is 0 Å². The van der Waals surface area contributed by atoms with E-state index in [1.807, 2.05) is 0 Å². The predicted octanol–water partition coefficient (Wildman–Crippen LogP) is 3.06. The van der Waals surface area contributed by atoms with Gasteiger partial charge in [-0.2, -0.15) is 5.10 Å². The van der Waals surface area contributed by atoms with E-state index in [-0.39, 0.29) is 9.92 Å². The Labute approximate surface area is 129 Å². The van der Waals surface area contributed by atoms with Gasteiger partial charge in [-0.25, -0.2) is 13.1 Å². The number of sulfonamides is 1. The summed E-state index contributed by atoms with van der Waals surface area (Å²) < 4.78 is 29.2. The number of nitrogens with one attached hydrogen (secondary N) is 1. The zero-order valence-corrected chi connectivity index (χ0v) is 13.2. The van der Waals surface area contributed by atoms with E-state index in [0.717, 1.165) is 12.1 Å². The highest BCUT2D eigenvalue weighted by molar-refractivity contribution is 7.92. The number of hydrogen-bond acceptors (Lipinski definition) is 3. The van der Waals surface area contributed by atoms with Gasteiger partial charge < -0.3 is 0 Å². The molecule has 21 heavy (non-hydrogen) atoms. The fraction of sp³-hybridized carbons (Fsp3) is 0.357. The highest BCUT2D eigenvalue weighted by Crippen LogP contribution is 2.32. The van der Waals surface area contributed by atoms with Gasteiger partial charge in [0.05, 0.1) is 11.2 Å². The maximum atomic E-state index is 12.5. The third-order valence-electron chi connectivity index (χ3n) is 3.53. The first kappa shape index (κ1) is 14.4. The van der Waals surface area contributed by atoms with E-state index in [2.05, 4.69) is 9.82 Å². The molecule has 0 radical (unpaired) electrons. The van der Waals surface area contributed by atoms with E-state index in [1.54, 1.807) is 36.0 Å². The number of rotatable bonds is 5. The zero-order chi connectivity index (χ0) is 15.0. The molecular weight excluding hydrogens is 310 g/mol. The van der Waals surface area contributed by atoms with Gasteiger partial charge in [0.25, 0.3) is 10.0 Å². The molecule has 3 rings (SSSR count). The van der Waals surface area contributed by atoms with Crippen LogP contribution in [0.1, 0.15) is 18.4 Å². The molecule has 0 unspecified atom stereocenters. The first-order valence-corrected chi connectivity index (χ1v) is 8.63. The van der Waals surface area contributed by atoms with E-state index >= 15 is 0 Å². The Balaban J connectivity index is 1.89. The Morgan fingerprint density at radius 1 is 1.38 bits per heavy atom. The summed E-state index contributed by atoms with van der Waals surface area (Å²) in [7, 11) is -3.72. The Bertz CT molecular complexity index is 766. The van der Waals surface area contributed by atoms with Crippen molar-refractivity contribution in [2.45, 2.75) is 31.2 Å². The van der Waals surface area contributed by atoms with E-state index in [0.29, 0.717) is 11.7 Å². The van der Waals surface area contributed by atoms with Crippen LogP contribution in [0.25, 0.3) is 0 Å². The molecule has 0 aliphatic heterocycles. The molecule has 1 fully saturated rings. The lowest BCUT2D eigenvalue weighted by molar-refractivity contribution is 0.567. The van der Waals surface area contributed by atoms with Crippen LogP contribution >= 0.6 is 11.6 Å². The van der Waals surface area contributed by atoms with Crippen LogP contribution in [0.3, 0.4) is 0 Å². The quantitative estimate of drug-likeness (QED) is 0.919. The minimum atomic E-state index is -3.72. The Hall–Kier alpha value is -1.53. The van der Waals surface area contributed by atoms with Crippen molar-refractivity contribution in [3.8, 4) is 0 Å². The van der Waals surface area contributed by atoms with Gasteiger partial charge in [0, 0.05) is 12.6 Å². The number of aromatic nitrogens is 2. The van der Waals surface area contributed by atoms with Gasteiger partial charge in [-0.1, -0.05) is 23.7 Å². The monoisotopic (exact) mass is 325 g/mol. The van der Waals surface area contributed by atoms with E-state index in [1.165, 1.54) is 18.9 Å². The lowest BCUT2D eigenvalue weighted by atomic mass is 10.2. The summed E-state index contributed by atoms with van der Waals surface area (Å²) >= 11 is 6.11. The van der Waals surface area contributed by atoms with E-state index in [4.69, 9.17) is 11.6 Å². The standard InChI is InChI=1S/C14H16ClN3O2S/c1-10-3-2-4-12(14(10)15)21(19,20)17-13-7-8-16-18(13)9-11-5-6-11/h2-4,7-8,11,17H,5-6,9H2,1H3. The van der Waals surface area contributed by atoms with Crippen molar-refractivity contribution in [2.75, 3.05) is 4.72 Å². The van der Waals surface area contributed by atoms with Crippen molar-refractivity contribution in [3.05, 3.63) is 41.0 Å². The van der Waals surface area contributed by atoms with Crippen LogP contribution in [0.2, 0.25) is 5.02 Å². The number of benzene rings is 1. The normalized spacial score (nSPS) is 15.1.